The summed E-state index contributed by atoms with van der Waals surface area (Å²) < 4.78 is 1.93. The molecule has 0 fully saturated rings. The van der Waals surface area contributed by atoms with Crippen LogP contribution in [0.2, 0.25) is 10.0 Å². The number of aromatic nitrogens is 3. The number of aryl methyl sites for hydroxylation is 1. The van der Waals surface area contributed by atoms with Gasteiger partial charge in [-0.1, -0.05) is 64.8 Å². The fraction of sp³-hybridized carbons (Fsp3) is 0.120. The van der Waals surface area contributed by atoms with Gasteiger partial charge in [0, 0.05) is 21.3 Å². The normalized spacial score (nSPS) is 11.5. The van der Waals surface area contributed by atoms with Gasteiger partial charge in [0.25, 0.3) is 5.91 Å². The van der Waals surface area contributed by atoms with Crippen molar-refractivity contribution < 1.29 is 4.79 Å². The van der Waals surface area contributed by atoms with Crippen LogP contribution < -0.4 is 5.43 Å². The quantitative estimate of drug-likeness (QED) is 0.183. The van der Waals surface area contributed by atoms with Crippen LogP contribution in [0.15, 0.2) is 83.1 Å². The van der Waals surface area contributed by atoms with Crippen LogP contribution in [0.1, 0.15) is 18.1 Å². The second-order valence-corrected chi connectivity index (χ2v) is 9.33. The smallest absolute Gasteiger partial charge is 0.250 e. The molecule has 6 nitrogen and oxygen atoms in total. The Balaban J connectivity index is 1.52. The zero-order valence-electron chi connectivity index (χ0n) is 18.5. The second kappa shape index (κ2) is 10.9. The van der Waals surface area contributed by atoms with E-state index in [1.807, 2.05) is 79.1 Å². The Morgan fingerprint density at radius 2 is 1.56 bits per heavy atom. The van der Waals surface area contributed by atoms with Gasteiger partial charge in [-0.25, -0.2) is 5.43 Å². The van der Waals surface area contributed by atoms with Gasteiger partial charge in [-0.2, -0.15) is 5.10 Å². The van der Waals surface area contributed by atoms with Crippen molar-refractivity contribution in [1.82, 2.24) is 20.2 Å². The Bertz CT molecular complexity index is 1320. The zero-order chi connectivity index (χ0) is 24.1. The van der Waals surface area contributed by atoms with Crippen LogP contribution >= 0.6 is 35.0 Å². The molecule has 34 heavy (non-hydrogen) atoms. The Kier molecular flexibility index (Phi) is 7.67. The lowest BCUT2D eigenvalue weighted by Crippen LogP contribution is -2.21. The van der Waals surface area contributed by atoms with Crippen LogP contribution in [0.3, 0.4) is 0 Å². The van der Waals surface area contributed by atoms with Crippen molar-refractivity contribution in [2.24, 2.45) is 5.10 Å². The van der Waals surface area contributed by atoms with Crippen molar-refractivity contribution in [3.05, 3.63) is 94.0 Å². The Labute approximate surface area is 212 Å². The number of carbonyl (C=O) groups is 1. The van der Waals surface area contributed by atoms with Gasteiger partial charge in [-0.15, -0.1) is 10.2 Å². The lowest BCUT2D eigenvalue weighted by Gasteiger charge is -2.11. The molecule has 172 valence electrons. The highest BCUT2D eigenvalue weighted by atomic mass is 35.5. The third kappa shape index (κ3) is 5.86. The number of hydrazone groups is 1. The van der Waals surface area contributed by atoms with Gasteiger partial charge in [0.15, 0.2) is 11.0 Å². The Hall–Kier alpha value is -3.13. The third-order valence-electron chi connectivity index (χ3n) is 4.97. The van der Waals surface area contributed by atoms with Crippen LogP contribution in [0.4, 0.5) is 0 Å². The summed E-state index contributed by atoms with van der Waals surface area (Å²) in [5.74, 6) is 0.548. The minimum absolute atomic E-state index is 0.127. The van der Waals surface area contributed by atoms with Crippen molar-refractivity contribution >= 4 is 46.6 Å². The summed E-state index contributed by atoms with van der Waals surface area (Å²) in [7, 11) is 0. The summed E-state index contributed by atoms with van der Waals surface area (Å²) in [6, 6.07) is 22.7. The molecule has 0 bridgehead atoms. The number of nitrogens with zero attached hydrogens (tertiary/aromatic N) is 4. The van der Waals surface area contributed by atoms with Gasteiger partial charge in [0.05, 0.1) is 11.5 Å². The maximum absolute atomic E-state index is 12.5. The fourth-order valence-corrected chi connectivity index (χ4v) is 4.14. The first-order valence-electron chi connectivity index (χ1n) is 10.4. The van der Waals surface area contributed by atoms with Crippen LogP contribution in [-0.2, 0) is 4.79 Å². The van der Waals surface area contributed by atoms with E-state index in [9.17, 15) is 4.79 Å². The molecule has 0 spiro atoms. The lowest BCUT2D eigenvalue weighted by molar-refractivity contribution is -0.118. The molecule has 0 saturated carbocycles. The predicted molar refractivity (Wildman–Crippen MR) is 139 cm³/mol. The van der Waals surface area contributed by atoms with Gasteiger partial charge in [0.2, 0.25) is 0 Å². The van der Waals surface area contributed by atoms with Crippen molar-refractivity contribution in [3.63, 3.8) is 0 Å². The van der Waals surface area contributed by atoms with Crippen LogP contribution in [0.5, 0.6) is 0 Å². The second-order valence-electron chi connectivity index (χ2n) is 7.51. The molecule has 1 N–H and O–H groups in total. The molecule has 0 aliphatic heterocycles. The minimum Gasteiger partial charge on any atom is -0.272 e. The van der Waals surface area contributed by atoms with Crippen molar-refractivity contribution in [3.8, 4) is 17.1 Å². The van der Waals surface area contributed by atoms with Crippen LogP contribution in [0.25, 0.3) is 17.1 Å². The molecule has 1 heterocycles. The highest BCUT2D eigenvalue weighted by Gasteiger charge is 2.17. The summed E-state index contributed by atoms with van der Waals surface area (Å²) in [5, 5.41) is 14.8. The SMILES string of the molecule is CC(=NNC(=O)CSc1nnc(-c2ccc(Cl)cc2)n1-c1ccc(C)cc1)c1ccc(Cl)cc1. The molecule has 0 saturated heterocycles. The minimum atomic E-state index is -0.246. The number of carbonyl (C=O) groups excluding carboxylic acids is 1. The average Bonchev–Trinajstić information content (AvgIpc) is 3.26. The number of nitrogens with one attached hydrogen (secondary N) is 1. The van der Waals surface area contributed by atoms with Crippen LogP contribution in [-0.4, -0.2) is 32.1 Å². The number of hydrogen-bond acceptors (Lipinski definition) is 5. The largest absolute Gasteiger partial charge is 0.272 e. The zero-order valence-corrected chi connectivity index (χ0v) is 20.8. The highest BCUT2D eigenvalue weighted by Crippen LogP contribution is 2.28. The van der Waals surface area contributed by atoms with E-state index in [0.29, 0.717) is 26.7 Å². The first-order chi connectivity index (χ1) is 16.4. The van der Waals surface area contributed by atoms with Gasteiger partial charge in [0.1, 0.15) is 0 Å². The lowest BCUT2D eigenvalue weighted by atomic mass is 10.1. The summed E-state index contributed by atoms with van der Waals surface area (Å²) in [4.78, 5) is 12.5. The number of benzene rings is 3. The van der Waals surface area contributed by atoms with E-state index < -0.39 is 0 Å². The molecule has 0 unspecified atom stereocenters. The maximum Gasteiger partial charge on any atom is 0.250 e. The molecule has 0 radical (unpaired) electrons. The number of rotatable bonds is 7. The van der Waals surface area contributed by atoms with Gasteiger partial charge < -0.3 is 0 Å². The van der Waals surface area contributed by atoms with E-state index in [0.717, 1.165) is 22.4 Å². The summed E-state index contributed by atoms with van der Waals surface area (Å²) in [6.45, 7) is 3.85. The predicted octanol–water partition coefficient (Wildman–Crippen LogP) is 6.18. The summed E-state index contributed by atoms with van der Waals surface area (Å²) in [5.41, 5.74) is 7.08. The van der Waals surface area contributed by atoms with Gasteiger partial charge in [-0.3, -0.25) is 9.36 Å². The molecular weight excluding hydrogens is 489 g/mol. The third-order valence-corrected chi connectivity index (χ3v) is 6.40. The van der Waals surface area contributed by atoms with E-state index in [1.54, 1.807) is 12.1 Å². The molecule has 3 aromatic carbocycles. The Morgan fingerprint density at radius 3 is 2.21 bits per heavy atom. The molecule has 0 atom stereocenters. The monoisotopic (exact) mass is 509 g/mol. The molecular formula is C25H21Cl2N5OS. The number of hydrogen-bond donors (Lipinski definition) is 1. The first-order valence-corrected chi connectivity index (χ1v) is 12.1. The fourth-order valence-electron chi connectivity index (χ4n) is 3.14. The molecule has 0 aliphatic rings. The Morgan fingerprint density at radius 1 is 0.941 bits per heavy atom. The number of thioether (sulfide) groups is 1. The first kappa shape index (κ1) is 24.0. The van der Waals surface area contributed by atoms with Crippen molar-refractivity contribution in [2.75, 3.05) is 5.75 Å². The average molecular weight is 510 g/mol. The van der Waals surface area contributed by atoms with E-state index in [4.69, 9.17) is 23.2 Å². The summed E-state index contributed by atoms with van der Waals surface area (Å²) in [6.07, 6.45) is 0. The van der Waals surface area contributed by atoms with E-state index in [-0.39, 0.29) is 11.7 Å². The maximum atomic E-state index is 12.5. The molecule has 9 heteroatoms. The van der Waals surface area contributed by atoms with E-state index in [2.05, 4.69) is 20.7 Å². The molecule has 4 rings (SSSR count). The van der Waals surface area contributed by atoms with Gasteiger partial charge in [-0.05, 0) is 67.9 Å². The van der Waals surface area contributed by atoms with Crippen molar-refractivity contribution in [2.45, 2.75) is 19.0 Å². The molecule has 1 aromatic heterocycles. The van der Waals surface area contributed by atoms with Crippen molar-refractivity contribution in [1.29, 1.82) is 0 Å². The standard InChI is InChI=1S/C25H21Cl2N5OS/c1-16-3-13-22(14-4-16)32-24(19-7-11-21(27)12-8-19)30-31-25(32)34-15-23(33)29-28-17(2)18-5-9-20(26)10-6-18/h3-14H,15H2,1-2H3,(H,29,33). The topological polar surface area (TPSA) is 72.2 Å². The molecule has 1 amide bonds. The van der Waals surface area contributed by atoms with E-state index in [1.165, 1.54) is 11.8 Å². The summed E-state index contributed by atoms with van der Waals surface area (Å²) >= 11 is 13.3. The number of halogens is 2. The number of amides is 1. The molecule has 0 aliphatic carbocycles. The van der Waals surface area contributed by atoms with Gasteiger partial charge >= 0.3 is 0 Å². The highest BCUT2D eigenvalue weighted by molar-refractivity contribution is 7.99. The molecule has 4 aromatic rings. The van der Waals surface area contributed by atoms with E-state index >= 15 is 0 Å². The van der Waals surface area contributed by atoms with Crippen LogP contribution in [0, 0.1) is 6.92 Å².